The molecule has 1 rings (SSSR count). The van der Waals surface area contributed by atoms with Crippen LogP contribution in [0.4, 0.5) is 0 Å². The number of hydrogen-bond acceptors (Lipinski definition) is 4. The second-order valence-corrected chi connectivity index (χ2v) is 4.71. The molecule has 0 aliphatic heterocycles. The Hall–Kier alpha value is -0.650. The molecule has 5 heteroatoms. The molecule has 0 radical (unpaired) electrons. The van der Waals surface area contributed by atoms with E-state index in [2.05, 4.69) is 0 Å². The van der Waals surface area contributed by atoms with Gasteiger partial charge in [0.15, 0.2) is 0 Å². The first kappa shape index (κ1) is 15.4. The highest BCUT2D eigenvalue weighted by molar-refractivity contribution is 5.77. The number of nitrogens with zero attached hydrogens (tertiary/aromatic N) is 1. The van der Waals surface area contributed by atoms with E-state index in [0.29, 0.717) is 32.3 Å². The van der Waals surface area contributed by atoms with E-state index in [-0.39, 0.29) is 12.5 Å². The summed E-state index contributed by atoms with van der Waals surface area (Å²) in [7, 11) is 1.62. The van der Waals surface area contributed by atoms with E-state index in [1.165, 1.54) is 19.3 Å². The van der Waals surface area contributed by atoms with Gasteiger partial charge in [0.05, 0.1) is 13.2 Å². The third-order valence-corrected chi connectivity index (χ3v) is 3.36. The van der Waals surface area contributed by atoms with Crippen LogP contribution >= 0.6 is 0 Å². The van der Waals surface area contributed by atoms with Crippen LogP contribution in [-0.2, 0) is 14.3 Å². The van der Waals surface area contributed by atoms with E-state index < -0.39 is 0 Å². The van der Waals surface area contributed by atoms with Crippen LogP contribution in [0.1, 0.15) is 32.1 Å². The Labute approximate surface area is 110 Å². The molecule has 0 aromatic rings. The quantitative estimate of drug-likeness (QED) is 0.653. The molecule has 0 aromatic heterocycles. The minimum Gasteiger partial charge on any atom is -0.382 e. The molecule has 2 N–H and O–H groups in total. The minimum absolute atomic E-state index is 0.0588. The molecule has 18 heavy (non-hydrogen) atoms. The third-order valence-electron chi connectivity index (χ3n) is 3.36. The van der Waals surface area contributed by atoms with Crippen LogP contribution in [0, 0.1) is 0 Å². The van der Waals surface area contributed by atoms with Gasteiger partial charge < -0.3 is 20.1 Å². The van der Waals surface area contributed by atoms with Crippen LogP contribution in [0.5, 0.6) is 0 Å². The van der Waals surface area contributed by atoms with Crippen molar-refractivity contribution >= 4 is 5.91 Å². The fourth-order valence-electron chi connectivity index (χ4n) is 2.43. The highest BCUT2D eigenvalue weighted by Gasteiger charge is 2.24. The lowest BCUT2D eigenvalue weighted by molar-refractivity contribution is -0.139. The van der Waals surface area contributed by atoms with E-state index >= 15 is 0 Å². The van der Waals surface area contributed by atoms with Crippen molar-refractivity contribution in [2.45, 2.75) is 38.1 Å². The molecule has 1 saturated carbocycles. The molecule has 0 aromatic carbocycles. The van der Waals surface area contributed by atoms with E-state index in [0.717, 1.165) is 12.8 Å². The van der Waals surface area contributed by atoms with Crippen molar-refractivity contribution in [2.75, 3.05) is 40.0 Å². The largest absolute Gasteiger partial charge is 0.382 e. The molecule has 1 aliphatic carbocycles. The zero-order valence-corrected chi connectivity index (χ0v) is 11.4. The van der Waals surface area contributed by atoms with Crippen molar-refractivity contribution in [1.29, 1.82) is 0 Å². The average Bonchev–Trinajstić information content (AvgIpc) is 2.41. The van der Waals surface area contributed by atoms with Gasteiger partial charge in [0, 0.05) is 26.2 Å². The average molecular weight is 258 g/mol. The summed E-state index contributed by atoms with van der Waals surface area (Å²) in [6.07, 6.45) is 5.91. The fourth-order valence-corrected chi connectivity index (χ4v) is 2.43. The summed E-state index contributed by atoms with van der Waals surface area (Å²) in [6.45, 7) is 2.27. The summed E-state index contributed by atoms with van der Waals surface area (Å²) in [5, 5.41) is 0. The van der Waals surface area contributed by atoms with Crippen LogP contribution < -0.4 is 5.73 Å². The van der Waals surface area contributed by atoms with Crippen molar-refractivity contribution in [2.24, 2.45) is 5.73 Å². The second-order valence-electron chi connectivity index (χ2n) is 4.71. The van der Waals surface area contributed by atoms with Gasteiger partial charge in [-0.2, -0.15) is 0 Å². The van der Waals surface area contributed by atoms with Gasteiger partial charge in [-0.25, -0.2) is 0 Å². The van der Waals surface area contributed by atoms with Crippen molar-refractivity contribution in [1.82, 2.24) is 4.90 Å². The monoisotopic (exact) mass is 258 g/mol. The minimum atomic E-state index is 0.0588. The molecular formula is C13H26N2O3. The van der Waals surface area contributed by atoms with Crippen molar-refractivity contribution in [3.63, 3.8) is 0 Å². The van der Waals surface area contributed by atoms with Crippen LogP contribution in [0.15, 0.2) is 0 Å². The van der Waals surface area contributed by atoms with Crippen LogP contribution in [0.3, 0.4) is 0 Å². The summed E-state index contributed by atoms with van der Waals surface area (Å²) in [4.78, 5) is 14.0. The molecule has 0 heterocycles. The number of hydrogen-bond donors (Lipinski definition) is 1. The number of amides is 1. The molecular weight excluding hydrogens is 232 g/mol. The van der Waals surface area contributed by atoms with E-state index in [1.807, 2.05) is 4.90 Å². The van der Waals surface area contributed by atoms with Gasteiger partial charge in [-0.05, 0) is 12.8 Å². The fraction of sp³-hybridized carbons (Fsp3) is 0.923. The SMILES string of the molecule is COCCOCC(=O)N(CCN)C1CCCCC1. The number of carbonyl (C=O) groups is 1. The normalized spacial score (nSPS) is 16.8. The Kier molecular flexibility index (Phi) is 7.96. The van der Waals surface area contributed by atoms with Crippen LogP contribution in [-0.4, -0.2) is 56.9 Å². The third kappa shape index (κ3) is 5.33. The van der Waals surface area contributed by atoms with Gasteiger partial charge in [-0.15, -0.1) is 0 Å². The highest BCUT2D eigenvalue weighted by Crippen LogP contribution is 2.22. The predicted octanol–water partition coefficient (Wildman–Crippen LogP) is 0.769. The first-order chi connectivity index (χ1) is 8.79. The van der Waals surface area contributed by atoms with Gasteiger partial charge in [-0.3, -0.25) is 4.79 Å². The number of ether oxygens (including phenoxy) is 2. The molecule has 0 unspecified atom stereocenters. The Morgan fingerprint density at radius 1 is 1.28 bits per heavy atom. The van der Waals surface area contributed by atoms with E-state index in [1.54, 1.807) is 7.11 Å². The Morgan fingerprint density at radius 2 is 2.00 bits per heavy atom. The van der Waals surface area contributed by atoms with Crippen molar-refractivity contribution in [3.8, 4) is 0 Å². The summed E-state index contributed by atoms with van der Waals surface area (Å²) in [5.74, 6) is 0.0588. The summed E-state index contributed by atoms with van der Waals surface area (Å²) < 4.78 is 10.2. The molecule has 1 aliphatic rings. The number of carbonyl (C=O) groups excluding carboxylic acids is 1. The molecule has 0 saturated heterocycles. The van der Waals surface area contributed by atoms with Crippen molar-refractivity contribution in [3.05, 3.63) is 0 Å². The van der Waals surface area contributed by atoms with Crippen molar-refractivity contribution < 1.29 is 14.3 Å². The molecule has 0 atom stereocenters. The molecule has 5 nitrogen and oxygen atoms in total. The summed E-state index contributed by atoms with van der Waals surface area (Å²) in [6, 6.07) is 0.362. The molecule has 1 fully saturated rings. The standard InChI is InChI=1S/C13H26N2O3/c1-17-9-10-18-11-13(16)15(8-7-14)12-5-3-2-4-6-12/h12H,2-11,14H2,1H3. The lowest BCUT2D eigenvalue weighted by atomic mass is 9.94. The van der Waals surface area contributed by atoms with Crippen LogP contribution in [0.2, 0.25) is 0 Å². The maximum Gasteiger partial charge on any atom is 0.248 e. The zero-order valence-electron chi connectivity index (χ0n) is 11.4. The predicted molar refractivity (Wildman–Crippen MR) is 70.3 cm³/mol. The summed E-state index contributed by atoms with van der Waals surface area (Å²) >= 11 is 0. The lowest BCUT2D eigenvalue weighted by Crippen LogP contribution is -2.45. The second kappa shape index (κ2) is 9.30. The van der Waals surface area contributed by atoms with E-state index in [9.17, 15) is 4.79 Å². The van der Waals surface area contributed by atoms with Crippen LogP contribution in [0.25, 0.3) is 0 Å². The molecule has 0 bridgehead atoms. The van der Waals surface area contributed by atoms with Gasteiger partial charge >= 0.3 is 0 Å². The number of nitrogens with two attached hydrogens (primary N) is 1. The smallest absolute Gasteiger partial charge is 0.248 e. The Morgan fingerprint density at radius 3 is 2.61 bits per heavy atom. The summed E-state index contributed by atoms with van der Waals surface area (Å²) in [5.41, 5.74) is 5.60. The van der Waals surface area contributed by atoms with Gasteiger partial charge in [0.2, 0.25) is 5.91 Å². The topological polar surface area (TPSA) is 64.8 Å². The number of rotatable bonds is 8. The molecule has 1 amide bonds. The molecule has 106 valence electrons. The molecule has 0 spiro atoms. The first-order valence-electron chi connectivity index (χ1n) is 6.85. The lowest BCUT2D eigenvalue weighted by Gasteiger charge is -2.34. The number of methoxy groups -OCH3 is 1. The Balaban J connectivity index is 2.36. The maximum atomic E-state index is 12.1. The van der Waals surface area contributed by atoms with Gasteiger partial charge in [0.25, 0.3) is 0 Å². The Bertz CT molecular complexity index is 230. The maximum absolute atomic E-state index is 12.1. The highest BCUT2D eigenvalue weighted by atomic mass is 16.5. The zero-order chi connectivity index (χ0) is 13.2. The van der Waals surface area contributed by atoms with Gasteiger partial charge in [0.1, 0.15) is 6.61 Å². The van der Waals surface area contributed by atoms with E-state index in [4.69, 9.17) is 15.2 Å². The van der Waals surface area contributed by atoms with Gasteiger partial charge in [-0.1, -0.05) is 19.3 Å². The first-order valence-corrected chi connectivity index (χ1v) is 6.85.